The van der Waals surface area contributed by atoms with Crippen LogP contribution in [0.4, 0.5) is 17.1 Å². The number of nitro benzene ring substituents is 1. The number of hydrogen-bond donors (Lipinski definition) is 1. The van der Waals surface area contributed by atoms with Gasteiger partial charge in [-0.1, -0.05) is 31.5 Å². The highest BCUT2D eigenvalue weighted by Crippen LogP contribution is 2.46. The number of non-ortho nitro benzene ring substituents is 1. The van der Waals surface area contributed by atoms with Crippen LogP contribution in [0.25, 0.3) is 5.69 Å². The molecule has 0 amide bonds. The van der Waals surface area contributed by atoms with Crippen LogP contribution in [0.15, 0.2) is 66.9 Å². The first kappa shape index (κ1) is 30.9. The molecule has 4 aromatic rings. The number of anilines is 2. The van der Waals surface area contributed by atoms with E-state index in [1.165, 1.54) is 12.5 Å². The molecular formula is C34H37ClN6O3S. The Balaban J connectivity index is 1.47. The highest BCUT2D eigenvalue weighted by atomic mass is 35.5. The highest BCUT2D eigenvalue weighted by molar-refractivity contribution is 7.80. The van der Waals surface area contributed by atoms with Gasteiger partial charge in [-0.2, -0.15) is 0 Å². The van der Waals surface area contributed by atoms with E-state index in [0.717, 1.165) is 47.1 Å². The molecule has 0 saturated carbocycles. The molecule has 4 atom stereocenters. The summed E-state index contributed by atoms with van der Waals surface area (Å²) >= 11 is 13.0. The lowest BCUT2D eigenvalue weighted by Crippen LogP contribution is -2.38. The van der Waals surface area contributed by atoms with Crippen LogP contribution in [0.2, 0.25) is 5.02 Å². The second-order valence-electron chi connectivity index (χ2n) is 12.3. The molecule has 2 saturated heterocycles. The molecule has 2 aromatic heterocycles. The van der Waals surface area contributed by atoms with E-state index in [1.54, 1.807) is 25.4 Å². The van der Waals surface area contributed by atoms with Crippen LogP contribution in [-0.2, 0) is 0 Å². The van der Waals surface area contributed by atoms with Crippen molar-refractivity contribution >= 4 is 46.0 Å². The monoisotopic (exact) mass is 644 g/mol. The number of hydrogen-bond acceptors (Lipinski definition) is 6. The summed E-state index contributed by atoms with van der Waals surface area (Å²) in [5, 5.41) is 16.5. The molecule has 2 fully saturated rings. The van der Waals surface area contributed by atoms with Gasteiger partial charge in [0.05, 0.1) is 46.2 Å². The lowest BCUT2D eigenvalue weighted by atomic mass is 9.91. The van der Waals surface area contributed by atoms with E-state index in [4.69, 9.17) is 33.5 Å². The number of thiocarbonyl (C=S) groups is 1. The highest BCUT2D eigenvalue weighted by Gasteiger charge is 2.42. The summed E-state index contributed by atoms with van der Waals surface area (Å²) in [5.74, 6) is 1.74. The third-order valence-electron chi connectivity index (χ3n) is 8.92. The zero-order valence-corrected chi connectivity index (χ0v) is 27.6. The van der Waals surface area contributed by atoms with Gasteiger partial charge in [-0.15, -0.1) is 0 Å². The molecule has 9 nitrogen and oxygen atoms in total. The number of nitrogens with zero attached hydrogens (tertiary/aromatic N) is 5. The van der Waals surface area contributed by atoms with Gasteiger partial charge in [0, 0.05) is 48.5 Å². The zero-order valence-electron chi connectivity index (χ0n) is 26.0. The van der Waals surface area contributed by atoms with E-state index in [2.05, 4.69) is 47.2 Å². The fraction of sp³-hybridized carbons (Fsp3) is 0.353. The van der Waals surface area contributed by atoms with Crippen molar-refractivity contribution in [2.75, 3.05) is 30.0 Å². The number of pyridine rings is 1. The van der Waals surface area contributed by atoms with Gasteiger partial charge in [-0.05, 0) is 92.4 Å². The Morgan fingerprint density at radius 3 is 2.44 bits per heavy atom. The predicted octanol–water partition coefficient (Wildman–Crippen LogP) is 7.72. The first-order valence-corrected chi connectivity index (χ1v) is 15.9. The Morgan fingerprint density at radius 2 is 1.80 bits per heavy atom. The van der Waals surface area contributed by atoms with Gasteiger partial charge < -0.3 is 24.4 Å². The van der Waals surface area contributed by atoms with Crippen LogP contribution in [0.3, 0.4) is 0 Å². The quantitative estimate of drug-likeness (QED) is 0.124. The standard InChI is InChI=1S/C34H37ClN6O3S/c1-20-14-21(2)19-38(18-20)29-11-9-24(16-27(29)35)40-33(32(37-34(40)45)28-8-6-7-13-36-28)26-15-22(3)39(23(26)4)30-17-25(41(42)43)10-12-31(30)44-5/h6-13,15-17,20-21,32-33H,14,18-19H2,1-5H3,(H,37,45)/t20-,21+,32-,33+/m0/s1. The summed E-state index contributed by atoms with van der Waals surface area (Å²) in [5.41, 5.74) is 6.16. The topological polar surface area (TPSA) is 88.7 Å². The van der Waals surface area contributed by atoms with Gasteiger partial charge in [-0.25, -0.2) is 0 Å². The van der Waals surface area contributed by atoms with Crippen molar-refractivity contribution in [1.82, 2.24) is 14.9 Å². The van der Waals surface area contributed by atoms with Crippen molar-refractivity contribution < 1.29 is 9.66 Å². The Hall–Kier alpha value is -4.15. The van der Waals surface area contributed by atoms with Crippen LogP contribution in [0, 0.1) is 35.8 Å². The summed E-state index contributed by atoms with van der Waals surface area (Å²) < 4.78 is 7.65. The Morgan fingerprint density at radius 1 is 1.04 bits per heavy atom. The number of halogens is 1. The van der Waals surface area contributed by atoms with E-state index >= 15 is 0 Å². The number of methoxy groups -OCH3 is 1. The fourth-order valence-corrected chi connectivity index (χ4v) is 7.78. The Labute approximate surface area is 273 Å². The largest absolute Gasteiger partial charge is 0.495 e. The molecular weight excluding hydrogens is 608 g/mol. The first-order chi connectivity index (χ1) is 21.6. The number of aryl methyl sites for hydroxylation is 1. The van der Waals surface area contributed by atoms with Crippen LogP contribution in [0.5, 0.6) is 5.75 Å². The number of rotatable bonds is 7. The normalized spacial score (nSPS) is 21.6. The Kier molecular flexibility index (Phi) is 8.45. The molecule has 2 aromatic carbocycles. The average Bonchev–Trinajstić information content (AvgIpc) is 3.50. The minimum Gasteiger partial charge on any atom is -0.495 e. The molecule has 45 heavy (non-hydrogen) atoms. The molecule has 0 spiro atoms. The van der Waals surface area contributed by atoms with Gasteiger partial charge >= 0.3 is 0 Å². The van der Waals surface area contributed by atoms with Gasteiger partial charge in [0.1, 0.15) is 5.75 Å². The minimum atomic E-state index is -0.394. The Bertz CT molecular complexity index is 1750. The fourth-order valence-electron chi connectivity index (χ4n) is 7.14. The molecule has 2 aliphatic heterocycles. The van der Waals surface area contributed by atoms with E-state index in [9.17, 15) is 10.1 Å². The molecule has 0 aliphatic carbocycles. The van der Waals surface area contributed by atoms with E-state index < -0.39 is 4.92 Å². The zero-order chi connectivity index (χ0) is 32.0. The lowest BCUT2D eigenvalue weighted by molar-refractivity contribution is -0.384. The summed E-state index contributed by atoms with van der Waals surface area (Å²) in [4.78, 5) is 20.5. The summed E-state index contributed by atoms with van der Waals surface area (Å²) in [6.45, 7) is 10.5. The van der Waals surface area contributed by atoms with Crippen molar-refractivity contribution in [2.45, 2.75) is 46.2 Å². The number of aromatic nitrogens is 2. The van der Waals surface area contributed by atoms with Crippen molar-refractivity contribution in [1.29, 1.82) is 0 Å². The second kappa shape index (κ2) is 12.3. The maximum absolute atomic E-state index is 11.7. The van der Waals surface area contributed by atoms with Crippen LogP contribution in [-0.4, -0.2) is 39.8 Å². The van der Waals surface area contributed by atoms with Crippen molar-refractivity contribution in [2.24, 2.45) is 11.8 Å². The SMILES string of the molecule is COc1ccc([N+](=O)[O-])cc1-n1c(C)cc([C@@H]2[C@H](c3ccccn3)NC(=S)N2c2ccc(N3C[C@H](C)C[C@H](C)C3)c(Cl)c2)c1C. The number of nitrogens with one attached hydrogen (secondary N) is 1. The van der Waals surface area contributed by atoms with Crippen LogP contribution >= 0.6 is 23.8 Å². The molecule has 6 rings (SSSR count). The van der Waals surface area contributed by atoms with Crippen LogP contribution < -0.4 is 19.9 Å². The van der Waals surface area contributed by atoms with Crippen molar-refractivity contribution in [3.8, 4) is 11.4 Å². The third kappa shape index (κ3) is 5.73. The molecule has 0 radical (unpaired) electrons. The molecule has 0 bridgehead atoms. The summed E-state index contributed by atoms with van der Waals surface area (Å²) in [6, 6.07) is 18.3. The van der Waals surface area contributed by atoms with Gasteiger partial charge in [0.25, 0.3) is 5.69 Å². The van der Waals surface area contributed by atoms with E-state index in [1.807, 2.05) is 42.7 Å². The van der Waals surface area contributed by atoms with E-state index in [-0.39, 0.29) is 17.8 Å². The summed E-state index contributed by atoms with van der Waals surface area (Å²) in [6.07, 6.45) is 3.00. The maximum atomic E-state index is 11.7. The van der Waals surface area contributed by atoms with Crippen molar-refractivity contribution in [3.05, 3.63) is 105 Å². The smallest absolute Gasteiger partial charge is 0.271 e. The lowest BCUT2D eigenvalue weighted by Gasteiger charge is -2.37. The van der Waals surface area contributed by atoms with Gasteiger partial charge in [0.2, 0.25) is 0 Å². The second-order valence-corrected chi connectivity index (χ2v) is 13.1. The molecule has 0 unspecified atom stereocenters. The minimum absolute atomic E-state index is 0.0104. The molecule has 2 aliphatic rings. The van der Waals surface area contributed by atoms with Gasteiger partial charge in [0.15, 0.2) is 5.11 Å². The molecule has 11 heteroatoms. The molecule has 234 valence electrons. The first-order valence-electron chi connectivity index (χ1n) is 15.1. The van der Waals surface area contributed by atoms with E-state index in [0.29, 0.717) is 33.4 Å². The average molecular weight is 645 g/mol. The van der Waals surface area contributed by atoms with Crippen LogP contribution in [0.1, 0.15) is 55.0 Å². The number of benzene rings is 2. The molecule has 4 heterocycles. The number of ether oxygens (including phenoxy) is 1. The van der Waals surface area contributed by atoms with Crippen molar-refractivity contribution in [3.63, 3.8) is 0 Å². The number of piperidine rings is 1. The maximum Gasteiger partial charge on any atom is 0.271 e. The van der Waals surface area contributed by atoms with Gasteiger partial charge in [-0.3, -0.25) is 15.1 Å². The third-order valence-corrected chi connectivity index (χ3v) is 9.54. The predicted molar refractivity (Wildman–Crippen MR) is 183 cm³/mol. The number of nitro groups is 1. The summed E-state index contributed by atoms with van der Waals surface area (Å²) in [7, 11) is 1.57. The molecule has 1 N–H and O–H groups in total.